The van der Waals surface area contributed by atoms with Crippen molar-refractivity contribution in [2.24, 2.45) is 10.9 Å². The second-order valence-corrected chi connectivity index (χ2v) is 8.96. The number of allylic oxidation sites excluding steroid dienone is 1. The van der Waals surface area contributed by atoms with Crippen LogP contribution in [0.4, 0.5) is 5.69 Å². The van der Waals surface area contributed by atoms with Crippen LogP contribution in [0.15, 0.2) is 76.1 Å². The molecule has 12 heteroatoms. The number of rotatable bonds is 5. The maximum atomic E-state index is 13.0. The first-order chi connectivity index (χ1) is 16.1. The number of primary sulfonamides is 1. The van der Waals surface area contributed by atoms with Crippen LogP contribution in [0.25, 0.3) is 0 Å². The Labute approximate surface area is 200 Å². The number of carbonyl (C=O) groups excluding carboxylic acids is 2. The lowest BCUT2D eigenvalue weighted by Gasteiger charge is -2.36. The van der Waals surface area contributed by atoms with Crippen LogP contribution >= 0.6 is 11.6 Å². The molecule has 10 nitrogen and oxygen atoms in total. The van der Waals surface area contributed by atoms with Crippen LogP contribution in [0.3, 0.4) is 0 Å². The predicted octanol–water partition coefficient (Wildman–Crippen LogP) is 1.89. The first-order valence-corrected chi connectivity index (χ1v) is 11.5. The molecule has 3 rings (SSSR count). The number of hydrogen-bond acceptors (Lipinski definition) is 9. The summed E-state index contributed by atoms with van der Waals surface area (Å²) in [5, 5.41) is 15.4. The van der Waals surface area contributed by atoms with Crippen molar-refractivity contribution in [1.82, 2.24) is 0 Å². The Morgan fingerprint density at radius 2 is 1.71 bits per heavy atom. The maximum absolute atomic E-state index is 13.0. The summed E-state index contributed by atoms with van der Waals surface area (Å²) >= 11 is 5.97. The quantitative estimate of drug-likeness (QED) is 0.580. The molecule has 1 atom stereocenters. The van der Waals surface area contributed by atoms with E-state index in [0.717, 1.165) is 25.2 Å². The fraction of sp³-hybridized carbons (Fsp3) is 0.136. The van der Waals surface area contributed by atoms with Crippen LogP contribution in [0.5, 0.6) is 0 Å². The van der Waals surface area contributed by atoms with Crippen LogP contribution in [-0.4, -0.2) is 34.6 Å². The lowest BCUT2D eigenvalue weighted by molar-refractivity contribution is -0.139. The molecule has 0 radical (unpaired) electrons. The van der Waals surface area contributed by atoms with Gasteiger partial charge in [0.25, 0.3) is 0 Å². The van der Waals surface area contributed by atoms with Crippen molar-refractivity contribution in [3.05, 3.63) is 81.8 Å². The maximum Gasteiger partial charge on any atom is 0.355 e. The SMILES string of the molecule is COC(=O)C1=C(C(=O)OC)N(c2ccc(Cl)cc2S(N)(=O)=O)C(N)=C(C#N)C1c1ccccc1. The molecule has 1 aliphatic rings. The highest BCUT2D eigenvalue weighted by atomic mass is 35.5. The predicted molar refractivity (Wildman–Crippen MR) is 122 cm³/mol. The number of anilines is 1. The number of hydrogen-bond donors (Lipinski definition) is 2. The molecule has 0 bridgehead atoms. The average Bonchev–Trinajstić information content (AvgIpc) is 2.82. The Morgan fingerprint density at radius 1 is 1.09 bits per heavy atom. The van der Waals surface area contributed by atoms with E-state index in [1.807, 2.05) is 6.07 Å². The molecule has 0 spiro atoms. The zero-order valence-corrected chi connectivity index (χ0v) is 19.6. The highest BCUT2D eigenvalue weighted by Crippen LogP contribution is 2.44. The summed E-state index contributed by atoms with van der Waals surface area (Å²) in [6, 6.07) is 14.0. The van der Waals surface area contributed by atoms with Crippen LogP contribution in [0, 0.1) is 11.3 Å². The van der Waals surface area contributed by atoms with Gasteiger partial charge >= 0.3 is 11.9 Å². The summed E-state index contributed by atoms with van der Waals surface area (Å²) in [4.78, 5) is 26.5. The summed E-state index contributed by atoms with van der Waals surface area (Å²) < 4.78 is 34.5. The van der Waals surface area contributed by atoms with Gasteiger partial charge < -0.3 is 15.2 Å². The number of halogens is 1. The van der Waals surface area contributed by atoms with Gasteiger partial charge in [0.05, 0.1) is 43.0 Å². The van der Waals surface area contributed by atoms with Crippen molar-refractivity contribution >= 4 is 39.3 Å². The van der Waals surface area contributed by atoms with Crippen LogP contribution in [0.2, 0.25) is 5.02 Å². The summed E-state index contributed by atoms with van der Waals surface area (Å²) in [5.41, 5.74) is 5.75. The van der Waals surface area contributed by atoms with Gasteiger partial charge in [-0.05, 0) is 23.8 Å². The Morgan fingerprint density at radius 3 is 2.24 bits per heavy atom. The van der Waals surface area contributed by atoms with Gasteiger partial charge in [-0.25, -0.2) is 23.1 Å². The van der Waals surface area contributed by atoms with Crippen molar-refractivity contribution < 1.29 is 27.5 Å². The molecule has 0 aliphatic carbocycles. The number of nitrogens with two attached hydrogens (primary N) is 2. The molecule has 2 aromatic rings. The molecule has 176 valence electrons. The van der Waals surface area contributed by atoms with E-state index in [0.29, 0.717) is 5.56 Å². The van der Waals surface area contributed by atoms with E-state index in [1.165, 1.54) is 12.1 Å². The minimum atomic E-state index is -4.40. The zero-order valence-electron chi connectivity index (χ0n) is 18.0. The van der Waals surface area contributed by atoms with Gasteiger partial charge in [0, 0.05) is 5.02 Å². The molecule has 1 aliphatic heterocycles. The smallest absolute Gasteiger partial charge is 0.355 e. The van der Waals surface area contributed by atoms with Gasteiger partial charge in [-0.3, -0.25) is 4.90 Å². The molecule has 0 fully saturated rings. The van der Waals surface area contributed by atoms with Crippen molar-refractivity contribution in [3.63, 3.8) is 0 Å². The van der Waals surface area contributed by atoms with Crippen LogP contribution < -0.4 is 15.8 Å². The number of sulfonamides is 1. The third kappa shape index (κ3) is 4.34. The molecule has 0 saturated carbocycles. The van der Waals surface area contributed by atoms with Crippen LogP contribution in [-0.2, 0) is 29.1 Å². The lowest BCUT2D eigenvalue weighted by Crippen LogP contribution is -2.41. The first kappa shape index (κ1) is 24.8. The summed E-state index contributed by atoms with van der Waals surface area (Å²) in [6.45, 7) is 0. The van der Waals surface area contributed by atoms with E-state index in [9.17, 15) is 23.3 Å². The highest BCUT2D eigenvalue weighted by molar-refractivity contribution is 7.89. The minimum absolute atomic E-state index is 0.0341. The Hall–Kier alpha value is -3.85. The topological polar surface area (TPSA) is 166 Å². The fourth-order valence-electron chi connectivity index (χ4n) is 3.66. The number of esters is 2. The van der Waals surface area contributed by atoms with E-state index in [1.54, 1.807) is 30.3 Å². The van der Waals surface area contributed by atoms with Crippen LogP contribution in [0.1, 0.15) is 11.5 Å². The van der Waals surface area contributed by atoms with Crippen molar-refractivity contribution in [3.8, 4) is 6.07 Å². The van der Waals surface area contributed by atoms with Crippen molar-refractivity contribution in [1.29, 1.82) is 5.26 Å². The van der Waals surface area contributed by atoms with Gasteiger partial charge in [-0.1, -0.05) is 41.9 Å². The second kappa shape index (κ2) is 9.56. The molecule has 1 heterocycles. The van der Waals surface area contributed by atoms with Gasteiger partial charge in [0.1, 0.15) is 16.4 Å². The molecular weight excluding hydrogens is 484 g/mol. The second-order valence-electron chi connectivity index (χ2n) is 6.99. The average molecular weight is 503 g/mol. The summed E-state index contributed by atoms with van der Waals surface area (Å²) in [5.74, 6) is -3.40. The van der Waals surface area contributed by atoms with E-state index in [4.69, 9.17) is 31.9 Å². The minimum Gasteiger partial charge on any atom is -0.466 e. The van der Waals surface area contributed by atoms with Crippen molar-refractivity contribution in [2.45, 2.75) is 10.8 Å². The fourth-order valence-corrected chi connectivity index (χ4v) is 4.64. The molecular formula is C22H19ClN4O6S. The molecule has 4 N–H and O–H groups in total. The van der Waals surface area contributed by atoms with Gasteiger partial charge in [0.2, 0.25) is 10.0 Å². The Balaban J connectivity index is 2.51. The van der Waals surface area contributed by atoms with E-state index in [2.05, 4.69) is 0 Å². The third-order valence-electron chi connectivity index (χ3n) is 5.08. The third-order valence-corrected chi connectivity index (χ3v) is 6.25. The molecule has 0 aromatic heterocycles. The van der Waals surface area contributed by atoms with E-state index < -0.39 is 38.5 Å². The molecule has 1 unspecified atom stereocenters. The number of benzene rings is 2. The number of nitrogens with zero attached hydrogens (tertiary/aromatic N) is 2. The number of ether oxygens (including phenoxy) is 2. The lowest BCUT2D eigenvalue weighted by atomic mass is 9.81. The number of carbonyl (C=O) groups is 2. The monoisotopic (exact) mass is 502 g/mol. The zero-order chi connectivity index (χ0) is 25.2. The number of methoxy groups -OCH3 is 2. The summed E-state index contributed by atoms with van der Waals surface area (Å²) in [7, 11) is -2.22. The van der Waals surface area contributed by atoms with Gasteiger partial charge in [-0.15, -0.1) is 0 Å². The van der Waals surface area contributed by atoms with Crippen molar-refractivity contribution in [2.75, 3.05) is 19.1 Å². The molecule has 0 amide bonds. The molecule has 0 saturated heterocycles. The van der Waals surface area contributed by atoms with E-state index >= 15 is 0 Å². The van der Waals surface area contributed by atoms with Gasteiger partial charge in [0.15, 0.2) is 0 Å². The molecule has 2 aromatic carbocycles. The molecule has 34 heavy (non-hydrogen) atoms. The largest absolute Gasteiger partial charge is 0.466 e. The Bertz CT molecular complexity index is 1380. The standard InChI is InChI=1S/C22H19ClN4O6S/c1-32-21(28)18-17(12-6-4-3-5-7-12)14(11-24)20(25)27(19(18)22(29)33-2)15-9-8-13(23)10-16(15)34(26,30)31/h3-10,17H,25H2,1-2H3,(H2,26,30,31). The Kier molecular flexibility index (Phi) is 6.97. The summed E-state index contributed by atoms with van der Waals surface area (Å²) in [6.07, 6.45) is 0. The highest BCUT2D eigenvalue weighted by Gasteiger charge is 2.44. The normalized spacial score (nSPS) is 16.2. The number of nitriles is 1. The van der Waals surface area contributed by atoms with E-state index in [-0.39, 0.29) is 27.7 Å². The first-order valence-electron chi connectivity index (χ1n) is 9.54. The van der Waals surface area contributed by atoms with Gasteiger partial charge in [-0.2, -0.15) is 5.26 Å².